The van der Waals surface area contributed by atoms with Crippen LogP contribution in [0.3, 0.4) is 0 Å². The van der Waals surface area contributed by atoms with Gasteiger partial charge in [-0.2, -0.15) is 0 Å². The van der Waals surface area contributed by atoms with Crippen LogP contribution in [-0.2, 0) is 4.74 Å². The highest BCUT2D eigenvalue weighted by atomic mass is 16.5. The minimum atomic E-state index is -1.01. The van der Waals surface area contributed by atoms with Crippen LogP contribution in [0, 0.1) is 0 Å². The summed E-state index contributed by atoms with van der Waals surface area (Å²) >= 11 is 0. The first-order valence-electron chi connectivity index (χ1n) is 5.15. The lowest BCUT2D eigenvalue weighted by Crippen LogP contribution is -2.20. The van der Waals surface area contributed by atoms with Crippen molar-refractivity contribution >= 4 is 6.09 Å². The Morgan fingerprint density at radius 1 is 1.56 bits per heavy atom. The van der Waals surface area contributed by atoms with Crippen molar-refractivity contribution in [3.8, 4) is 0 Å². The molecule has 0 atom stereocenters. The minimum absolute atomic E-state index is 0.659. The molecule has 0 aromatic heterocycles. The fourth-order valence-electron chi connectivity index (χ4n) is 1.64. The van der Waals surface area contributed by atoms with Gasteiger partial charge in [-0.05, 0) is 12.8 Å². The fourth-order valence-corrected chi connectivity index (χ4v) is 1.64. The Balaban J connectivity index is 2.02. The number of hydrogen-bond donors (Lipinski definition) is 1. The van der Waals surface area contributed by atoms with Crippen molar-refractivity contribution < 1.29 is 14.6 Å². The van der Waals surface area contributed by atoms with Crippen LogP contribution in [0.25, 0.3) is 0 Å². The van der Waals surface area contributed by atoms with Crippen molar-refractivity contribution in [3.05, 3.63) is 48.2 Å². The topological polar surface area (TPSA) is 49.8 Å². The summed E-state index contributed by atoms with van der Waals surface area (Å²) in [5, 5.41) is 8.81. The zero-order valence-corrected chi connectivity index (χ0v) is 8.80. The summed E-state index contributed by atoms with van der Waals surface area (Å²) in [5.74, 6) is 0.659. The average Bonchev–Trinajstić information content (AvgIpc) is 2.30. The summed E-state index contributed by atoms with van der Waals surface area (Å²) in [6.45, 7) is 0. The summed E-state index contributed by atoms with van der Waals surface area (Å²) in [5.41, 5.74) is 1.26. The molecule has 1 aliphatic heterocycles. The summed E-state index contributed by atoms with van der Waals surface area (Å²) in [7, 11) is 0. The number of allylic oxidation sites excluding steroid dienone is 4. The first-order valence-corrected chi connectivity index (χ1v) is 5.15. The van der Waals surface area contributed by atoms with E-state index in [0.29, 0.717) is 12.2 Å². The Kier molecular flexibility index (Phi) is 3.10. The quantitative estimate of drug-likeness (QED) is 0.776. The van der Waals surface area contributed by atoms with E-state index in [1.54, 1.807) is 0 Å². The predicted molar refractivity (Wildman–Crippen MR) is 59.2 cm³/mol. The van der Waals surface area contributed by atoms with E-state index >= 15 is 0 Å². The predicted octanol–water partition coefficient (Wildman–Crippen LogP) is 2.98. The maximum atomic E-state index is 10.7. The van der Waals surface area contributed by atoms with Crippen molar-refractivity contribution in [2.45, 2.75) is 19.3 Å². The summed E-state index contributed by atoms with van der Waals surface area (Å²) < 4.78 is 5.27. The Morgan fingerprint density at radius 2 is 2.44 bits per heavy atom. The lowest BCUT2D eigenvalue weighted by atomic mass is 10.0. The number of carbonyl (C=O) groups is 1. The van der Waals surface area contributed by atoms with Gasteiger partial charge in [0.2, 0.25) is 0 Å². The minimum Gasteiger partial charge on any atom is -0.466 e. The van der Waals surface area contributed by atoms with Crippen molar-refractivity contribution in [1.29, 1.82) is 0 Å². The maximum absolute atomic E-state index is 10.7. The van der Waals surface area contributed by atoms with Crippen LogP contribution in [0.15, 0.2) is 48.2 Å². The molecule has 1 aliphatic carbocycles. The van der Waals surface area contributed by atoms with Gasteiger partial charge in [0.05, 0.1) is 12.4 Å². The van der Waals surface area contributed by atoms with Gasteiger partial charge in [-0.25, -0.2) is 4.79 Å². The van der Waals surface area contributed by atoms with E-state index in [1.807, 2.05) is 6.08 Å². The molecule has 1 amide bonds. The van der Waals surface area contributed by atoms with Gasteiger partial charge in [-0.1, -0.05) is 23.8 Å². The third kappa shape index (κ3) is 2.53. The molecule has 4 nitrogen and oxygen atoms in total. The highest BCUT2D eigenvalue weighted by molar-refractivity contribution is 5.68. The Bertz CT molecular complexity index is 404. The van der Waals surface area contributed by atoms with Crippen LogP contribution < -0.4 is 0 Å². The van der Waals surface area contributed by atoms with Gasteiger partial charge in [0, 0.05) is 6.42 Å². The molecule has 0 fully saturated rings. The molecule has 4 heteroatoms. The molecule has 0 saturated carbocycles. The molecule has 0 unspecified atom stereocenters. The zero-order chi connectivity index (χ0) is 11.4. The van der Waals surface area contributed by atoms with Gasteiger partial charge in [-0.3, -0.25) is 4.90 Å². The molecule has 2 rings (SSSR count). The van der Waals surface area contributed by atoms with Gasteiger partial charge in [0.15, 0.2) is 0 Å². The van der Waals surface area contributed by atoms with Crippen molar-refractivity contribution in [2.24, 2.45) is 0 Å². The molecule has 0 radical (unpaired) electrons. The van der Waals surface area contributed by atoms with E-state index in [4.69, 9.17) is 9.84 Å². The Morgan fingerprint density at radius 3 is 3.12 bits per heavy atom. The number of amides is 1. The number of hydrogen-bond acceptors (Lipinski definition) is 2. The van der Waals surface area contributed by atoms with Gasteiger partial charge in [0.25, 0.3) is 0 Å². The second-order valence-electron chi connectivity index (χ2n) is 3.66. The molecule has 16 heavy (non-hydrogen) atoms. The normalized spacial score (nSPS) is 18.9. The van der Waals surface area contributed by atoms with Gasteiger partial charge in [0.1, 0.15) is 12.0 Å². The lowest BCUT2D eigenvalue weighted by Gasteiger charge is -2.18. The van der Waals surface area contributed by atoms with Crippen molar-refractivity contribution in [3.63, 3.8) is 0 Å². The molecule has 1 heterocycles. The molecule has 0 aromatic carbocycles. The molecule has 84 valence electrons. The highest BCUT2D eigenvalue weighted by Crippen LogP contribution is 2.22. The van der Waals surface area contributed by atoms with Crippen molar-refractivity contribution in [2.75, 3.05) is 0 Å². The molecular formula is C12H13NO3. The standard InChI is InChI=1S/C12H13NO3/c14-12(15)13-6-7-16-11(9-13)8-10-4-2-1-3-5-10/h1-2,4,6-7,9H,3,5,8H2,(H,14,15). The third-order valence-electron chi connectivity index (χ3n) is 2.45. The van der Waals surface area contributed by atoms with Gasteiger partial charge >= 0.3 is 6.09 Å². The van der Waals surface area contributed by atoms with Crippen LogP contribution in [0.1, 0.15) is 19.3 Å². The van der Waals surface area contributed by atoms with E-state index in [1.165, 1.54) is 24.2 Å². The maximum Gasteiger partial charge on any atom is 0.415 e. The smallest absolute Gasteiger partial charge is 0.415 e. The van der Waals surface area contributed by atoms with Gasteiger partial charge < -0.3 is 9.84 Å². The molecular weight excluding hydrogens is 206 g/mol. The number of ether oxygens (including phenoxy) is 1. The number of rotatable bonds is 2. The molecule has 2 aliphatic rings. The largest absolute Gasteiger partial charge is 0.466 e. The molecule has 0 bridgehead atoms. The van der Waals surface area contributed by atoms with E-state index < -0.39 is 6.09 Å². The van der Waals surface area contributed by atoms with Crippen molar-refractivity contribution in [1.82, 2.24) is 4.90 Å². The SMILES string of the molecule is O=C(O)N1C=COC(CC2=CC=CCC2)=C1. The second-order valence-corrected chi connectivity index (χ2v) is 3.66. The first-order chi connectivity index (χ1) is 7.75. The van der Waals surface area contributed by atoms with Gasteiger partial charge in [-0.15, -0.1) is 0 Å². The summed E-state index contributed by atoms with van der Waals surface area (Å²) in [4.78, 5) is 11.8. The first kappa shape index (κ1) is 10.5. The summed E-state index contributed by atoms with van der Waals surface area (Å²) in [6.07, 6.45) is 12.2. The third-order valence-corrected chi connectivity index (χ3v) is 2.45. The zero-order valence-electron chi connectivity index (χ0n) is 8.80. The number of carboxylic acid groups (broad SMARTS) is 1. The highest BCUT2D eigenvalue weighted by Gasteiger charge is 2.13. The lowest BCUT2D eigenvalue weighted by molar-refractivity contribution is 0.169. The van der Waals surface area contributed by atoms with Crippen LogP contribution in [0.2, 0.25) is 0 Å². The van der Waals surface area contributed by atoms with E-state index in [2.05, 4.69) is 12.2 Å². The Labute approximate surface area is 93.8 Å². The second kappa shape index (κ2) is 4.70. The molecule has 1 N–H and O–H groups in total. The fraction of sp³-hybridized carbons (Fsp3) is 0.250. The van der Waals surface area contributed by atoms with Crippen LogP contribution in [-0.4, -0.2) is 16.1 Å². The van der Waals surface area contributed by atoms with E-state index in [0.717, 1.165) is 17.7 Å². The van der Waals surface area contributed by atoms with Crippen LogP contribution in [0.5, 0.6) is 0 Å². The molecule has 0 aromatic rings. The van der Waals surface area contributed by atoms with E-state index in [9.17, 15) is 4.79 Å². The molecule has 0 saturated heterocycles. The monoisotopic (exact) mass is 219 g/mol. The van der Waals surface area contributed by atoms with E-state index in [-0.39, 0.29) is 0 Å². The number of nitrogens with zero attached hydrogens (tertiary/aromatic N) is 1. The Hall–Kier alpha value is -1.97. The summed E-state index contributed by atoms with van der Waals surface area (Å²) in [6, 6.07) is 0. The average molecular weight is 219 g/mol. The molecule has 0 spiro atoms. The van der Waals surface area contributed by atoms with Crippen LogP contribution in [0.4, 0.5) is 4.79 Å². The van der Waals surface area contributed by atoms with Crippen LogP contribution >= 0.6 is 0 Å².